The Kier molecular flexibility index (Phi) is 3.96. The van der Waals surface area contributed by atoms with E-state index in [2.05, 4.69) is 15.1 Å². The van der Waals surface area contributed by atoms with Crippen molar-refractivity contribution in [2.24, 2.45) is 0 Å². The number of pyridine rings is 1. The molecule has 0 saturated carbocycles. The van der Waals surface area contributed by atoms with Crippen LogP contribution >= 0.6 is 11.3 Å². The molecule has 0 fully saturated rings. The summed E-state index contributed by atoms with van der Waals surface area (Å²) in [7, 11) is 1.80. The lowest BCUT2D eigenvalue weighted by atomic mass is 10.1. The monoisotopic (exact) mass is 366 g/mol. The Hall–Kier alpha value is -2.80. The van der Waals surface area contributed by atoms with Gasteiger partial charge in [0.25, 0.3) is 11.6 Å². The van der Waals surface area contributed by atoms with Gasteiger partial charge >= 0.3 is 0 Å². The number of aryl methyl sites for hydroxylation is 2. The van der Waals surface area contributed by atoms with Gasteiger partial charge in [0.1, 0.15) is 5.01 Å². The maximum Gasteiger partial charge on any atom is 0.258 e. The number of benzene rings is 1. The fourth-order valence-electron chi connectivity index (χ4n) is 2.99. The molecule has 6 nitrogen and oxygen atoms in total. The van der Waals surface area contributed by atoms with Gasteiger partial charge in [-0.2, -0.15) is 0 Å². The van der Waals surface area contributed by atoms with Gasteiger partial charge in [0, 0.05) is 12.7 Å². The first-order valence-electron chi connectivity index (χ1n) is 8.32. The van der Waals surface area contributed by atoms with E-state index in [0.29, 0.717) is 22.4 Å². The van der Waals surface area contributed by atoms with Crippen LogP contribution in [-0.2, 0) is 0 Å². The van der Waals surface area contributed by atoms with Gasteiger partial charge in [-0.1, -0.05) is 17.3 Å². The van der Waals surface area contributed by atoms with Crippen LogP contribution in [-0.4, -0.2) is 33.0 Å². The fourth-order valence-corrected chi connectivity index (χ4v) is 4.05. The third-order valence-corrected chi connectivity index (χ3v) is 5.75. The average molecular weight is 366 g/mol. The van der Waals surface area contributed by atoms with Crippen molar-refractivity contribution in [3.05, 3.63) is 52.3 Å². The maximum atomic E-state index is 13.2. The molecule has 0 aliphatic carbocycles. The number of hydrogen-bond acceptors (Lipinski definition) is 6. The number of thiazole rings is 1. The highest BCUT2D eigenvalue weighted by Crippen LogP contribution is 2.31. The number of nitrogens with zero attached hydrogens (tertiary/aromatic N) is 4. The zero-order chi connectivity index (χ0) is 18.4. The Morgan fingerprint density at radius 2 is 2.00 bits per heavy atom. The van der Waals surface area contributed by atoms with E-state index in [1.54, 1.807) is 29.4 Å². The van der Waals surface area contributed by atoms with Gasteiger partial charge < -0.3 is 9.42 Å². The normalized spacial score (nSPS) is 12.6. The molecule has 1 aromatic carbocycles. The summed E-state index contributed by atoms with van der Waals surface area (Å²) in [5.74, 6) is -0.0986. The van der Waals surface area contributed by atoms with Crippen LogP contribution in [0.15, 0.2) is 34.9 Å². The van der Waals surface area contributed by atoms with Crippen molar-refractivity contribution < 1.29 is 9.32 Å². The number of fused-ring (bicyclic) bond motifs is 2. The van der Waals surface area contributed by atoms with Crippen molar-refractivity contribution >= 4 is 38.6 Å². The zero-order valence-electron chi connectivity index (χ0n) is 15.0. The molecule has 0 bridgehead atoms. The molecule has 26 heavy (non-hydrogen) atoms. The van der Waals surface area contributed by atoms with E-state index in [1.165, 1.54) is 0 Å². The fraction of sp³-hybridized carbons (Fsp3) is 0.263. The van der Waals surface area contributed by atoms with Crippen LogP contribution in [0.5, 0.6) is 0 Å². The first kappa shape index (κ1) is 16.7. The summed E-state index contributed by atoms with van der Waals surface area (Å²) in [6.45, 7) is 5.64. The maximum absolute atomic E-state index is 13.2. The van der Waals surface area contributed by atoms with Gasteiger partial charge in [-0.3, -0.25) is 4.79 Å². The van der Waals surface area contributed by atoms with E-state index in [1.807, 2.05) is 45.0 Å². The summed E-state index contributed by atoms with van der Waals surface area (Å²) in [6, 6.07) is 9.63. The smallest absolute Gasteiger partial charge is 0.258 e. The van der Waals surface area contributed by atoms with Gasteiger partial charge in [0.05, 0.1) is 32.9 Å². The summed E-state index contributed by atoms with van der Waals surface area (Å²) >= 11 is 1.61. The van der Waals surface area contributed by atoms with E-state index in [4.69, 9.17) is 4.52 Å². The molecule has 3 aromatic heterocycles. The summed E-state index contributed by atoms with van der Waals surface area (Å²) in [6.07, 6.45) is 0. The van der Waals surface area contributed by atoms with Gasteiger partial charge in [0.2, 0.25) is 0 Å². The minimum absolute atomic E-state index is 0.0986. The molecule has 0 aliphatic heterocycles. The molecular formula is C19H18N4O2S. The molecule has 0 aliphatic rings. The molecule has 0 spiro atoms. The second-order valence-electron chi connectivity index (χ2n) is 6.37. The Bertz CT molecular complexity index is 1100. The van der Waals surface area contributed by atoms with Crippen LogP contribution in [0.25, 0.3) is 21.3 Å². The van der Waals surface area contributed by atoms with E-state index in [-0.39, 0.29) is 11.9 Å². The lowest BCUT2D eigenvalue weighted by molar-refractivity contribution is 0.0744. The number of hydrogen-bond donors (Lipinski definition) is 0. The van der Waals surface area contributed by atoms with Crippen molar-refractivity contribution in [2.45, 2.75) is 26.8 Å². The molecule has 0 N–H and O–H groups in total. The Balaban J connectivity index is 1.72. The quantitative estimate of drug-likeness (QED) is 0.541. The number of carbonyl (C=O) groups excluding carboxylic acids is 1. The molecular weight excluding hydrogens is 348 g/mol. The Morgan fingerprint density at radius 3 is 2.77 bits per heavy atom. The third kappa shape index (κ3) is 2.64. The Morgan fingerprint density at radius 1 is 1.23 bits per heavy atom. The van der Waals surface area contributed by atoms with Crippen LogP contribution in [0.3, 0.4) is 0 Å². The number of aromatic nitrogens is 3. The Labute approximate surface area is 154 Å². The first-order chi connectivity index (χ1) is 12.5. The minimum Gasteiger partial charge on any atom is -0.336 e. The summed E-state index contributed by atoms with van der Waals surface area (Å²) in [4.78, 5) is 23.9. The number of para-hydroxylation sites is 1. The average Bonchev–Trinajstić information content (AvgIpc) is 3.23. The lowest BCUT2D eigenvalue weighted by Crippen LogP contribution is -2.30. The highest BCUT2D eigenvalue weighted by atomic mass is 32.1. The topological polar surface area (TPSA) is 72.1 Å². The minimum atomic E-state index is -0.149. The van der Waals surface area contributed by atoms with Gasteiger partial charge in [-0.25, -0.2) is 9.97 Å². The highest BCUT2D eigenvalue weighted by Gasteiger charge is 2.25. The second-order valence-corrected chi connectivity index (χ2v) is 7.43. The number of rotatable bonds is 3. The van der Waals surface area contributed by atoms with Gasteiger partial charge in [-0.05, 0) is 39.0 Å². The molecule has 4 rings (SSSR count). The van der Waals surface area contributed by atoms with Crippen LogP contribution in [0, 0.1) is 13.8 Å². The van der Waals surface area contributed by atoms with Crippen molar-refractivity contribution in [3.63, 3.8) is 0 Å². The molecule has 7 heteroatoms. The van der Waals surface area contributed by atoms with Crippen LogP contribution < -0.4 is 0 Å². The molecule has 132 valence electrons. The van der Waals surface area contributed by atoms with Crippen molar-refractivity contribution in [1.29, 1.82) is 0 Å². The predicted molar refractivity (Wildman–Crippen MR) is 101 cm³/mol. The van der Waals surface area contributed by atoms with Crippen LogP contribution in [0.1, 0.15) is 39.7 Å². The lowest BCUT2D eigenvalue weighted by Gasteiger charge is -2.23. The second kappa shape index (κ2) is 6.17. The number of amides is 1. The zero-order valence-corrected chi connectivity index (χ0v) is 15.8. The van der Waals surface area contributed by atoms with Crippen LogP contribution in [0.4, 0.5) is 0 Å². The summed E-state index contributed by atoms with van der Waals surface area (Å²) in [5.41, 5.74) is 3.29. The molecule has 1 atom stereocenters. The van der Waals surface area contributed by atoms with E-state index in [9.17, 15) is 4.79 Å². The summed E-state index contributed by atoms with van der Waals surface area (Å²) < 4.78 is 6.36. The van der Waals surface area contributed by atoms with E-state index >= 15 is 0 Å². The van der Waals surface area contributed by atoms with Gasteiger partial charge in [0.15, 0.2) is 0 Å². The molecule has 1 unspecified atom stereocenters. The predicted octanol–water partition coefficient (Wildman–Crippen LogP) is 4.28. The molecule has 0 saturated heterocycles. The largest absolute Gasteiger partial charge is 0.336 e. The van der Waals surface area contributed by atoms with Crippen molar-refractivity contribution in [3.8, 4) is 0 Å². The third-order valence-electron chi connectivity index (χ3n) is 4.54. The highest BCUT2D eigenvalue weighted by molar-refractivity contribution is 7.18. The standard InChI is InChI=1S/C19H18N4O2S/c1-10-9-13(16-11(2)22-25-17(16)20-10)19(24)23(4)12(3)18-21-14-7-5-6-8-15(14)26-18/h5-9,12H,1-4H3. The SMILES string of the molecule is Cc1cc(C(=O)N(C)C(C)c2nc3ccccc3s2)c2c(C)noc2n1. The molecule has 4 aromatic rings. The van der Waals surface area contributed by atoms with E-state index in [0.717, 1.165) is 20.9 Å². The molecule has 0 radical (unpaired) electrons. The number of carbonyl (C=O) groups is 1. The van der Waals surface area contributed by atoms with Gasteiger partial charge in [-0.15, -0.1) is 11.3 Å². The molecule has 1 amide bonds. The van der Waals surface area contributed by atoms with Crippen molar-refractivity contribution in [2.75, 3.05) is 7.05 Å². The van der Waals surface area contributed by atoms with E-state index < -0.39 is 0 Å². The van der Waals surface area contributed by atoms with Crippen molar-refractivity contribution in [1.82, 2.24) is 20.0 Å². The first-order valence-corrected chi connectivity index (χ1v) is 9.13. The molecule has 3 heterocycles. The van der Waals surface area contributed by atoms with Crippen LogP contribution in [0.2, 0.25) is 0 Å². The summed E-state index contributed by atoms with van der Waals surface area (Å²) in [5, 5.41) is 5.53.